The monoisotopic (exact) mass is 568 g/mol. The summed E-state index contributed by atoms with van der Waals surface area (Å²) in [5.41, 5.74) is 0.349. The van der Waals surface area contributed by atoms with Crippen molar-refractivity contribution in [2.45, 2.75) is 89.0 Å². The Morgan fingerprint density at radius 2 is 1.66 bits per heavy atom. The largest absolute Gasteiger partial charge is 0.493 e. The Labute approximate surface area is 242 Å². The highest BCUT2D eigenvalue weighted by molar-refractivity contribution is 5.87. The number of unbranched alkanes of at least 4 members (excludes halogenated alkanes) is 1. The highest BCUT2D eigenvalue weighted by Gasteiger charge is 2.53. The summed E-state index contributed by atoms with van der Waals surface area (Å²) < 4.78 is 17.3. The van der Waals surface area contributed by atoms with Crippen LogP contribution in [0.4, 0.5) is 4.79 Å². The molecule has 1 atom stereocenters. The van der Waals surface area contributed by atoms with Gasteiger partial charge in [-0.15, -0.1) is 0 Å². The summed E-state index contributed by atoms with van der Waals surface area (Å²) in [4.78, 5) is 27.7. The molecular weight excluding hydrogens is 524 g/mol. The van der Waals surface area contributed by atoms with Crippen molar-refractivity contribution in [2.75, 3.05) is 26.9 Å². The van der Waals surface area contributed by atoms with E-state index in [0.29, 0.717) is 49.7 Å². The summed E-state index contributed by atoms with van der Waals surface area (Å²) in [6.07, 6.45) is 4.00. The van der Waals surface area contributed by atoms with E-state index < -0.39 is 29.2 Å². The molecule has 0 bridgehead atoms. The lowest BCUT2D eigenvalue weighted by molar-refractivity contribution is -0.155. The number of benzene rings is 2. The molecule has 2 saturated carbocycles. The van der Waals surface area contributed by atoms with E-state index in [0.717, 1.165) is 24.8 Å². The van der Waals surface area contributed by atoms with Crippen LogP contribution in [0.15, 0.2) is 42.5 Å². The molecule has 0 aromatic heterocycles. The van der Waals surface area contributed by atoms with Gasteiger partial charge in [-0.1, -0.05) is 30.3 Å². The maximum Gasteiger partial charge on any atom is 0.329 e. The standard InChI is InChI=1S/C32H44N2O7/c1-5-40-26-18-24(19-27(41-6-2)28(26)32(38)15-16-32)22(3)34(17-11-10-14-23-12-8-7-9-13-23)30(37)33-31(29(35)36)20-25(21-31)39-4/h7-9,12-13,18-19,22,25,38H,5-6,10-11,14-17,20-21H2,1-4H3,(H,33,37)(H,35,36)/t22-,25?,31?/m1/s1. The number of aryl methyl sites for hydroxylation is 1. The molecule has 9 heteroatoms. The first kappa shape index (κ1) is 30.7. The van der Waals surface area contributed by atoms with Crippen LogP contribution in [0.3, 0.4) is 0 Å². The number of hydrogen-bond acceptors (Lipinski definition) is 6. The van der Waals surface area contributed by atoms with Crippen molar-refractivity contribution in [1.29, 1.82) is 0 Å². The Morgan fingerprint density at radius 1 is 1.05 bits per heavy atom. The molecule has 0 saturated heterocycles. The number of carbonyl (C=O) groups is 2. The number of ether oxygens (including phenoxy) is 3. The van der Waals surface area contributed by atoms with E-state index >= 15 is 0 Å². The normalized spacial score (nSPS) is 21.3. The number of carbonyl (C=O) groups excluding carboxylic acids is 1. The summed E-state index contributed by atoms with van der Waals surface area (Å²) in [6.45, 7) is 6.97. The van der Waals surface area contributed by atoms with Gasteiger partial charge in [-0.2, -0.15) is 0 Å². The molecule has 2 aromatic carbocycles. The van der Waals surface area contributed by atoms with Crippen LogP contribution >= 0.6 is 0 Å². The first-order valence-corrected chi connectivity index (χ1v) is 14.7. The fraction of sp³-hybridized carbons (Fsp3) is 0.562. The zero-order valence-electron chi connectivity index (χ0n) is 24.7. The molecule has 9 nitrogen and oxygen atoms in total. The Bertz CT molecular complexity index is 1160. The molecule has 0 unspecified atom stereocenters. The van der Waals surface area contributed by atoms with E-state index in [9.17, 15) is 19.8 Å². The molecule has 4 rings (SSSR count). The molecular formula is C32H44N2O7. The minimum Gasteiger partial charge on any atom is -0.493 e. The smallest absolute Gasteiger partial charge is 0.329 e. The van der Waals surface area contributed by atoms with Crippen molar-refractivity contribution in [3.05, 3.63) is 59.2 Å². The van der Waals surface area contributed by atoms with Gasteiger partial charge in [0, 0.05) is 26.5 Å². The molecule has 41 heavy (non-hydrogen) atoms. The van der Waals surface area contributed by atoms with Crippen LogP contribution in [0.5, 0.6) is 11.5 Å². The summed E-state index contributed by atoms with van der Waals surface area (Å²) >= 11 is 0. The van der Waals surface area contributed by atoms with Crippen LogP contribution < -0.4 is 14.8 Å². The first-order chi connectivity index (χ1) is 19.7. The number of nitrogens with one attached hydrogen (secondary N) is 1. The van der Waals surface area contributed by atoms with E-state index in [-0.39, 0.29) is 18.9 Å². The molecule has 2 aliphatic carbocycles. The van der Waals surface area contributed by atoms with E-state index in [2.05, 4.69) is 17.4 Å². The summed E-state index contributed by atoms with van der Waals surface area (Å²) in [7, 11) is 1.55. The highest BCUT2D eigenvalue weighted by atomic mass is 16.5. The van der Waals surface area contributed by atoms with Crippen LogP contribution in [0.2, 0.25) is 0 Å². The Hall–Kier alpha value is -3.30. The lowest BCUT2D eigenvalue weighted by Gasteiger charge is -2.45. The number of urea groups is 1. The van der Waals surface area contributed by atoms with Crippen LogP contribution in [0, 0.1) is 0 Å². The van der Waals surface area contributed by atoms with E-state index in [4.69, 9.17) is 14.2 Å². The van der Waals surface area contributed by atoms with Gasteiger partial charge in [-0.05, 0) is 76.1 Å². The lowest BCUT2D eigenvalue weighted by Crippen LogP contribution is -2.66. The number of methoxy groups -OCH3 is 1. The van der Waals surface area contributed by atoms with Crippen molar-refractivity contribution in [1.82, 2.24) is 10.2 Å². The second-order valence-corrected chi connectivity index (χ2v) is 11.2. The van der Waals surface area contributed by atoms with Gasteiger partial charge in [-0.3, -0.25) is 0 Å². The molecule has 0 radical (unpaired) electrons. The van der Waals surface area contributed by atoms with Crippen LogP contribution in [0.1, 0.15) is 82.0 Å². The van der Waals surface area contributed by atoms with Crippen LogP contribution in [-0.2, 0) is 21.6 Å². The fourth-order valence-corrected chi connectivity index (χ4v) is 5.61. The zero-order chi connectivity index (χ0) is 29.6. The molecule has 224 valence electrons. The second kappa shape index (κ2) is 13.1. The summed E-state index contributed by atoms with van der Waals surface area (Å²) in [6, 6.07) is 13.1. The third-order valence-corrected chi connectivity index (χ3v) is 8.29. The topological polar surface area (TPSA) is 118 Å². The van der Waals surface area contributed by atoms with Gasteiger partial charge in [0.15, 0.2) is 0 Å². The van der Waals surface area contributed by atoms with Crippen molar-refractivity contribution < 1.29 is 34.0 Å². The van der Waals surface area contributed by atoms with Crippen molar-refractivity contribution >= 4 is 12.0 Å². The van der Waals surface area contributed by atoms with Crippen LogP contribution in [-0.4, -0.2) is 65.6 Å². The molecule has 2 aromatic rings. The number of aliphatic carboxylic acids is 1. The number of rotatable bonds is 15. The lowest BCUT2D eigenvalue weighted by atomic mass is 9.74. The Balaban J connectivity index is 1.60. The fourth-order valence-electron chi connectivity index (χ4n) is 5.61. The molecule has 3 N–H and O–H groups in total. The number of carboxylic acids is 1. The van der Waals surface area contributed by atoms with E-state index in [1.54, 1.807) is 12.0 Å². The average Bonchev–Trinajstić information content (AvgIpc) is 3.68. The number of nitrogens with zero attached hydrogens (tertiary/aromatic N) is 1. The predicted molar refractivity (Wildman–Crippen MR) is 155 cm³/mol. The zero-order valence-corrected chi connectivity index (χ0v) is 24.7. The van der Waals surface area contributed by atoms with Gasteiger partial charge in [0.25, 0.3) is 0 Å². The highest BCUT2D eigenvalue weighted by Crippen LogP contribution is 2.53. The number of carboxylic acid groups (broad SMARTS) is 1. The molecule has 0 heterocycles. The Morgan fingerprint density at radius 3 is 2.17 bits per heavy atom. The molecule has 0 spiro atoms. The minimum absolute atomic E-state index is 0.202. The van der Waals surface area contributed by atoms with Gasteiger partial charge in [0.1, 0.15) is 17.0 Å². The van der Waals surface area contributed by atoms with Gasteiger partial charge < -0.3 is 34.6 Å². The van der Waals surface area contributed by atoms with Crippen molar-refractivity contribution in [3.8, 4) is 11.5 Å². The van der Waals surface area contributed by atoms with Gasteiger partial charge >= 0.3 is 12.0 Å². The third kappa shape index (κ3) is 6.96. The van der Waals surface area contributed by atoms with Crippen molar-refractivity contribution in [3.63, 3.8) is 0 Å². The van der Waals surface area contributed by atoms with E-state index in [1.165, 1.54) is 5.56 Å². The van der Waals surface area contributed by atoms with Crippen LogP contribution in [0.25, 0.3) is 0 Å². The minimum atomic E-state index is -1.36. The average molecular weight is 569 g/mol. The van der Waals surface area contributed by atoms with E-state index in [1.807, 2.05) is 51.1 Å². The molecule has 2 fully saturated rings. The maximum atomic E-state index is 13.8. The first-order valence-electron chi connectivity index (χ1n) is 14.7. The quantitative estimate of drug-likeness (QED) is 0.253. The molecule has 0 aliphatic heterocycles. The molecule has 2 amide bonds. The number of hydrogen-bond donors (Lipinski definition) is 3. The van der Waals surface area contributed by atoms with Gasteiger partial charge in [0.05, 0.1) is 36.5 Å². The SMILES string of the molecule is CCOc1cc([C@@H](C)N(CCCCc2ccccc2)C(=O)NC2(C(=O)O)CC(OC)C2)cc(OCC)c1C1(O)CC1. The number of amides is 2. The van der Waals surface area contributed by atoms with Gasteiger partial charge in [-0.25, -0.2) is 9.59 Å². The van der Waals surface area contributed by atoms with Gasteiger partial charge in [0.2, 0.25) is 0 Å². The summed E-state index contributed by atoms with van der Waals surface area (Å²) in [5, 5.41) is 23.8. The van der Waals surface area contributed by atoms with Crippen molar-refractivity contribution in [2.24, 2.45) is 0 Å². The predicted octanol–water partition coefficient (Wildman–Crippen LogP) is 5.19. The second-order valence-electron chi connectivity index (χ2n) is 11.2. The number of aliphatic hydroxyl groups is 1. The molecule has 2 aliphatic rings. The summed E-state index contributed by atoms with van der Waals surface area (Å²) in [5.74, 6) is 0.0393. The Kier molecular flexibility index (Phi) is 9.81. The third-order valence-electron chi connectivity index (χ3n) is 8.29. The maximum absolute atomic E-state index is 13.8.